The lowest BCUT2D eigenvalue weighted by molar-refractivity contribution is -0.0447. The second kappa shape index (κ2) is 5.62. The van der Waals surface area contributed by atoms with Crippen LogP contribution in [0.1, 0.15) is 0 Å². The van der Waals surface area contributed by atoms with Crippen molar-refractivity contribution < 1.29 is 21.6 Å². The smallest absolute Gasteiger partial charge is 0.294 e. The molecule has 2 aromatic heterocycles. The summed E-state index contributed by atoms with van der Waals surface area (Å²) in [7, 11) is -5.27. The van der Waals surface area contributed by atoms with Crippen LogP contribution in [0, 0.1) is 0 Å². The summed E-state index contributed by atoms with van der Waals surface area (Å²) in [6.07, 6.45) is 3.32. The highest BCUT2D eigenvalue weighted by Crippen LogP contribution is 2.22. The van der Waals surface area contributed by atoms with Gasteiger partial charge in [-0.05, 0) is 12.1 Å². The van der Waals surface area contributed by atoms with Gasteiger partial charge in [0.15, 0.2) is 0 Å². The molecule has 2 aromatic rings. The van der Waals surface area contributed by atoms with E-state index in [4.69, 9.17) is 0 Å². The van der Waals surface area contributed by atoms with E-state index in [1.807, 2.05) is 0 Å². The van der Waals surface area contributed by atoms with E-state index in [-0.39, 0.29) is 12.3 Å². The van der Waals surface area contributed by atoms with Crippen molar-refractivity contribution in [2.24, 2.45) is 0 Å². The van der Waals surface area contributed by atoms with Crippen molar-refractivity contribution in [1.29, 1.82) is 0 Å². The summed E-state index contributed by atoms with van der Waals surface area (Å²) >= 11 is 1.23. The van der Waals surface area contributed by atoms with Crippen LogP contribution in [0.3, 0.4) is 0 Å². The van der Waals surface area contributed by atoms with Gasteiger partial charge >= 0.3 is 15.5 Å². The van der Waals surface area contributed by atoms with Crippen molar-refractivity contribution in [1.82, 2.24) is 14.1 Å². The maximum atomic E-state index is 12.1. The number of halogens is 3. The summed E-state index contributed by atoms with van der Waals surface area (Å²) in [5, 5.41) is 0.770. The van der Waals surface area contributed by atoms with Crippen LogP contribution >= 0.6 is 11.8 Å². The molecule has 0 radical (unpaired) electrons. The monoisotopic (exact) mass is 325 g/mol. The quantitative estimate of drug-likeness (QED) is 0.673. The highest BCUT2D eigenvalue weighted by molar-refractivity contribution is 7.99. The van der Waals surface area contributed by atoms with Crippen LogP contribution in [-0.2, 0) is 10.0 Å². The first kappa shape index (κ1) is 15.1. The number of nitrogens with zero attached hydrogens (tertiary/aromatic N) is 2. The lowest BCUT2D eigenvalue weighted by atomic mass is 10.5. The normalized spacial score (nSPS) is 12.9. The maximum absolute atomic E-state index is 12.1. The number of thioether (sulfide) groups is 1. The molecule has 0 aliphatic carbocycles. The Kier molecular flexibility index (Phi) is 4.25. The summed E-state index contributed by atoms with van der Waals surface area (Å²) in [6.45, 7) is -0.308. The summed E-state index contributed by atoms with van der Waals surface area (Å²) in [5.41, 5.74) is -4.56. The first-order valence-corrected chi connectivity index (χ1v) is 7.89. The molecule has 110 valence electrons. The van der Waals surface area contributed by atoms with Crippen LogP contribution in [0.2, 0.25) is 0 Å². The van der Waals surface area contributed by atoms with Crippen LogP contribution in [0.5, 0.6) is 0 Å². The van der Waals surface area contributed by atoms with Crippen LogP contribution in [-0.4, -0.2) is 35.6 Å². The van der Waals surface area contributed by atoms with E-state index in [9.17, 15) is 21.6 Å². The van der Waals surface area contributed by atoms with Crippen LogP contribution < -0.4 is 4.72 Å². The molecule has 2 heterocycles. The lowest BCUT2D eigenvalue weighted by Crippen LogP contribution is -2.37. The zero-order valence-electron chi connectivity index (χ0n) is 9.96. The predicted molar refractivity (Wildman–Crippen MR) is 68.9 cm³/mol. The molecule has 10 heteroatoms. The van der Waals surface area contributed by atoms with E-state index in [1.54, 1.807) is 35.0 Å². The molecule has 0 aliphatic heterocycles. The third kappa shape index (κ3) is 3.25. The Morgan fingerprint density at radius 2 is 2.10 bits per heavy atom. The van der Waals surface area contributed by atoms with E-state index in [0.29, 0.717) is 5.65 Å². The molecule has 0 bridgehead atoms. The van der Waals surface area contributed by atoms with Crippen LogP contribution in [0.25, 0.3) is 5.65 Å². The number of imidazole rings is 1. The average molecular weight is 325 g/mol. The molecule has 5 nitrogen and oxygen atoms in total. The first-order chi connectivity index (χ1) is 9.31. The van der Waals surface area contributed by atoms with E-state index in [2.05, 4.69) is 4.98 Å². The van der Waals surface area contributed by atoms with Gasteiger partial charge in [-0.15, -0.1) is 11.8 Å². The fourth-order valence-electron chi connectivity index (χ4n) is 1.45. The van der Waals surface area contributed by atoms with E-state index >= 15 is 0 Å². The molecule has 0 aromatic carbocycles. The molecule has 0 fully saturated rings. The third-order valence-electron chi connectivity index (χ3n) is 2.34. The fourth-order valence-corrected chi connectivity index (χ4v) is 3.00. The molecule has 0 amide bonds. The Hall–Kier alpha value is -1.26. The SMILES string of the molecule is O=S(=O)(NCCSc1cccc2nccn12)C(F)(F)F. The predicted octanol–water partition coefficient (Wildman–Crippen LogP) is 1.87. The van der Waals surface area contributed by atoms with Crippen LogP contribution in [0.15, 0.2) is 35.6 Å². The number of aromatic nitrogens is 2. The number of nitrogens with one attached hydrogen (secondary N) is 1. The Morgan fingerprint density at radius 3 is 2.80 bits per heavy atom. The molecule has 0 unspecified atom stereocenters. The highest BCUT2D eigenvalue weighted by atomic mass is 32.2. The van der Waals surface area contributed by atoms with Gasteiger partial charge in [0.05, 0.1) is 5.03 Å². The number of hydrogen-bond acceptors (Lipinski definition) is 4. The number of pyridine rings is 1. The van der Waals surface area contributed by atoms with Gasteiger partial charge in [-0.3, -0.25) is 4.40 Å². The maximum Gasteiger partial charge on any atom is 0.511 e. The Morgan fingerprint density at radius 1 is 1.35 bits per heavy atom. The topological polar surface area (TPSA) is 63.5 Å². The lowest BCUT2D eigenvalue weighted by Gasteiger charge is -2.09. The number of sulfonamides is 1. The zero-order valence-corrected chi connectivity index (χ0v) is 11.6. The highest BCUT2D eigenvalue weighted by Gasteiger charge is 2.45. The van der Waals surface area contributed by atoms with Crippen molar-refractivity contribution in [2.75, 3.05) is 12.3 Å². The van der Waals surface area contributed by atoms with Crippen molar-refractivity contribution in [3.63, 3.8) is 0 Å². The Bertz CT molecular complexity index is 697. The summed E-state index contributed by atoms with van der Waals surface area (Å²) in [6, 6.07) is 5.33. The minimum absolute atomic E-state index is 0.173. The second-order valence-electron chi connectivity index (χ2n) is 3.71. The van der Waals surface area contributed by atoms with Crippen molar-refractivity contribution in [3.8, 4) is 0 Å². The minimum atomic E-state index is -5.28. The molecule has 20 heavy (non-hydrogen) atoms. The second-order valence-corrected chi connectivity index (χ2v) is 6.59. The van der Waals surface area contributed by atoms with Gasteiger partial charge in [0.1, 0.15) is 5.65 Å². The Balaban J connectivity index is 1.93. The molecule has 0 saturated carbocycles. The van der Waals surface area contributed by atoms with Crippen molar-refractivity contribution in [2.45, 2.75) is 10.5 Å². The number of rotatable bonds is 5. The van der Waals surface area contributed by atoms with Gasteiger partial charge in [-0.1, -0.05) is 6.07 Å². The summed E-state index contributed by atoms with van der Waals surface area (Å²) in [5.74, 6) is 0.173. The van der Waals surface area contributed by atoms with Crippen LogP contribution in [0.4, 0.5) is 13.2 Å². The van der Waals surface area contributed by atoms with Gasteiger partial charge in [0, 0.05) is 24.7 Å². The van der Waals surface area contributed by atoms with Gasteiger partial charge in [-0.2, -0.15) is 13.2 Å². The Labute approximate surface area is 117 Å². The average Bonchev–Trinajstić information content (AvgIpc) is 2.82. The number of alkyl halides is 3. The molecule has 0 atom stereocenters. The van der Waals surface area contributed by atoms with Crippen molar-refractivity contribution in [3.05, 3.63) is 30.6 Å². The van der Waals surface area contributed by atoms with Gasteiger partial charge in [-0.25, -0.2) is 18.1 Å². The molecule has 2 rings (SSSR count). The van der Waals surface area contributed by atoms with Gasteiger partial charge in [0.2, 0.25) is 0 Å². The molecule has 0 saturated heterocycles. The number of fused-ring (bicyclic) bond motifs is 1. The molecule has 1 N–H and O–H groups in total. The van der Waals surface area contributed by atoms with Crippen molar-refractivity contribution >= 4 is 27.4 Å². The van der Waals surface area contributed by atoms with E-state index < -0.39 is 15.5 Å². The molecule has 0 aliphatic rings. The summed E-state index contributed by atoms with van der Waals surface area (Å²) < 4.78 is 61.1. The molecular weight excluding hydrogens is 315 g/mol. The van der Waals surface area contributed by atoms with Gasteiger partial charge in [0.25, 0.3) is 0 Å². The summed E-state index contributed by atoms with van der Waals surface area (Å²) in [4.78, 5) is 4.07. The third-order valence-corrected chi connectivity index (χ3v) is 4.57. The molecule has 0 spiro atoms. The minimum Gasteiger partial charge on any atom is -0.294 e. The van der Waals surface area contributed by atoms with Gasteiger partial charge < -0.3 is 0 Å². The fraction of sp³-hybridized carbons (Fsp3) is 0.300. The standard InChI is InChI=1S/C10H10F3N3O2S2/c11-10(12,13)20(17,18)15-5-7-19-9-3-1-2-8-14-4-6-16(8)9/h1-4,6,15H,5,7H2. The number of hydrogen-bond donors (Lipinski definition) is 1. The van der Waals surface area contributed by atoms with E-state index in [1.165, 1.54) is 16.5 Å². The largest absolute Gasteiger partial charge is 0.511 e. The molecular formula is C10H10F3N3O2S2. The first-order valence-electron chi connectivity index (χ1n) is 5.42. The van der Waals surface area contributed by atoms with E-state index in [0.717, 1.165) is 5.03 Å². The zero-order chi connectivity index (χ0) is 14.8.